The maximum atomic E-state index is 13.1. The summed E-state index contributed by atoms with van der Waals surface area (Å²) in [6.45, 7) is -0.655. The molecule has 5 rings (SSSR count). The second kappa shape index (κ2) is 9.96. The standard InChI is InChI=1S/C25H20Cl3N3O6/c26-16-4-2-1-3-13(16)22(33)30-29-17(32)10-37-25(36)11-5-7-12(8-6-11)31-23(34)18-14-9-15(19(18)24(31)35)21(28)20(14)27/h1-8,14-15,18-21H,9-10H2,(H,29,32)(H,30,33)/t14-,15-,18-,19-,20+,21+/m1/s1. The minimum absolute atomic E-state index is 0.109. The summed E-state index contributed by atoms with van der Waals surface area (Å²) < 4.78 is 4.97. The van der Waals surface area contributed by atoms with Crippen molar-refractivity contribution >= 4 is 70.1 Å². The third-order valence-electron chi connectivity index (χ3n) is 7.12. The van der Waals surface area contributed by atoms with E-state index in [1.165, 1.54) is 36.4 Å². The van der Waals surface area contributed by atoms with Crippen molar-refractivity contribution in [1.82, 2.24) is 10.9 Å². The maximum Gasteiger partial charge on any atom is 0.338 e. The molecule has 1 saturated heterocycles. The van der Waals surface area contributed by atoms with Crippen LogP contribution in [0.1, 0.15) is 27.1 Å². The lowest BCUT2D eigenvalue weighted by Gasteiger charge is -2.28. The molecule has 4 amide bonds. The van der Waals surface area contributed by atoms with Gasteiger partial charge in [0.1, 0.15) is 0 Å². The normalized spacial score (nSPS) is 27.7. The second-order valence-corrected chi connectivity index (χ2v) is 10.5. The van der Waals surface area contributed by atoms with Gasteiger partial charge in [0.25, 0.3) is 11.8 Å². The molecule has 3 aliphatic rings. The number of ether oxygens (including phenoxy) is 1. The van der Waals surface area contributed by atoms with E-state index in [2.05, 4.69) is 10.9 Å². The highest BCUT2D eigenvalue weighted by Gasteiger charge is 2.66. The first-order valence-corrected chi connectivity index (χ1v) is 12.7. The van der Waals surface area contributed by atoms with Crippen LogP contribution in [0.4, 0.5) is 5.69 Å². The zero-order valence-electron chi connectivity index (χ0n) is 19.0. The van der Waals surface area contributed by atoms with Gasteiger partial charge < -0.3 is 4.74 Å². The van der Waals surface area contributed by atoms with Crippen molar-refractivity contribution in [2.45, 2.75) is 17.2 Å². The number of benzene rings is 2. The molecule has 2 aliphatic carbocycles. The van der Waals surface area contributed by atoms with Crippen LogP contribution in [0, 0.1) is 23.7 Å². The number of hydrogen-bond donors (Lipinski definition) is 2. The number of anilines is 1. The van der Waals surface area contributed by atoms with Crippen LogP contribution in [-0.2, 0) is 19.1 Å². The Labute approximate surface area is 226 Å². The van der Waals surface area contributed by atoms with Gasteiger partial charge in [0.05, 0.1) is 44.4 Å². The first kappa shape index (κ1) is 25.5. The third-order valence-corrected chi connectivity index (χ3v) is 8.77. The smallest absolute Gasteiger partial charge is 0.338 e. The molecule has 2 saturated carbocycles. The molecule has 37 heavy (non-hydrogen) atoms. The van der Waals surface area contributed by atoms with Gasteiger partial charge in [-0.05, 0) is 54.7 Å². The Morgan fingerprint density at radius 3 is 2.08 bits per heavy atom. The van der Waals surface area contributed by atoms with Crippen molar-refractivity contribution in [3.05, 3.63) is 64.7 Å². The Morgan fingerprint density at radius 2 is 1.49 bits per heavy atom. The molecule has 1 aliphatic heterocycles. The van der Waals surface area contributed by atoms with Crippen molar-refractivity contribution in [3.8, 4) is 0 Å². The van der Waals surface area contributed by atoms with E-state index in [1.807, 2.05) is 0 Å². The van der Waals surface area contributed by atoms with E-state index in [0.29, 0.717) is 12.1 Å². The van der Waals surface area contributed by atoms with E-state index < -0.39 is 36.2 Å². The second-order valence-electron chi connectivity index (χ2n) is 9.12. The van der Waals surface area contributed by atoms with Gasteiger partial charge in [-0.2, -0.15) is 0 Å². The van der Waals surface area contributed by atoms with Gasteiger partial charge >= 0.3 is 5.97 Å². The molecule has 2 bridgehead atoms. The van der Waals surface area contributed by atoms with Crippen LogP contribution in [0.2, 0.25) is 5.02 Å². The average molecular weight is 565 g/mol. The average Bonchev–Trinajstić information content (AvgIpc) is 3.51. The SMILES string of the molecule is O=C(COC(=O)c1ccc(N2C(=O)[C@@H]3[C@H]4C[C@@H]([C@H](Cl)[C@H]4Cl)[C@H]3C2=O)cc1)NNC(=O)c1ccccc1Cl. The van der Waals surface area contributed by atoms with Gasteiger partial charge in [-0.3, -0.25) is 34.9 Å². The highest BCUT2D eigenvalue weighted by Crippen LogP contribution is 2.59. The number of alkyl halides is 2. The molecule has 2 aromatic rings. The summed E-state index contributed by atoms with van der Waals surface area (Å²) in [6, 6.07) is 12.0. The first-order valence-electron chi connectivity index (χ1n) is 11.5. The Kier molecular flexibility index (Phi) is 6.87. The van der Waals surface area contributed by atoms with E-state index in [1.54, 1.807) is 12.1 Å². The van der Waals surface area contributed by atoms with Crippen molar-refractivity contribution in [3.63, 3.8) is 0 Å². The number of carbonyl (C=O) groups excluding carboxylic acids is 5. The number of halogens is 3. The largest absolute Gasteiger partial charge is 0.452 e. The van der Waals surface area contributed by atoms with E-state index in [9.17, 15) is 24.0 Å². The molecule has 6 atom stereocenters. The molecule has 192 valence electrons. The molecular formula is C25H20Cl3N3O6. The molecule has 2 aromatic carbocycles. The molecule has 0 spiro atoms. The number of carbonyl (C=O) groups is 5. The Morgan fingerprint density at radius 1 is 0.892 bits per heavy atom. The van der Waals surface area contributed by atoms with Crippen molar-refractivity contribution in [2.24, 2.45) is 23.7 Å². The van der Waals surface area contributed by atoms with Gasteiger partial charge in [-0.15, -0.1) is 23.2 Å². The molecule has 1 heterocycles. The number of fused-ring (bicyclic) bond motifs is 5. The molecule has 9 nitrogen and oxygen atoms in total. The summed E-state index contributed by atoms with van der Waals surface area (Å²) in [4.78, 5) is 63.7. The number of imide groups is 1. The van der Waals surface area contributed by atoms with Crippen molar-refractivity contribution in [2.75, 3.05) is 11.5 Å². The molecule has 12 heteroatoms. The lowest BCUT2D eigenvalue weighted by Crippen LogP contribution is -2.43. The van der Waals surface area contributed by atoms with E-state index in [-0.39, 0.29) is 50.6 Å². The lowest BCUT2D eigenvalue weighted by molar-refractivity contribution is -0.125. The van der Waals surface area contributed by atoms with Crippen LogP contribution in [0.3, 0.4) is 0 Å². The quantitative estimate of drug-likeness (QED) is 0.249. The van der Waals surface area contributed by atoms with Gasteiger partial charge in [0.15, 0.2) is 6.61 Å². The van der Waals surface area contributed by atoms with Crippen LogP contribution in [-0.4, -0.2) is 47.0 Å². The number of hydrazine groups is 1. The third kappa shape index (κ3) is 4.45. The lowest BCUT2D eigenvalue weighted by atomic mass is 9.80. The maximum absolute atomic E-state index is 13.1. The molecule has 0 aromatic heterocycles. The van der Waals surface area contributed by atoms with E-state index in [0.717, 1.165) is 4.90 Å². The Balaban J connectivity index is 1.15. The molecule has 3 fully saturated rings. The van der Waals surface area contributed by atoms with Gasteiger partial charge in [0.2, 0.25) is 11.8 Å². The van der Waals surface area contributed by atoms with Crippen LogP contribution in [0.5, 0.6) is 0 Å². The van der Waals surface area contributed by atoms with Crippen LogP contribution >= 0.6 is 34.8 Å². The molecule has 2 N–H and O–H groups in total. The summed E-state index contributed by atoms with van der Waals surface area (Å²) in [5, 5.41) is -0.477. The molecule has 0 unspecified atom stereocenters. The summed E-state index contributed by atoms with van der Waals surface area (Å²) >= 11 is 18.7. The van der Waals surface area contributed by atoms with E-state index >= 15 is 0 Å². The fourth-order valence-corrected chi connectivity index (χ4v) is 6.55. The topological polar surface area (TPSA) is 122 Å². The predicted molar refractivity (Wildman–Crippen MR) is 134 cm³/mol. The highest BCUT2D eigenvalue weighted by atomic mass is 35.5. The minimum Gasteiger partial charge on any atom is -0.452 e. The minimum atomic E-state index is -0.803. The number of rotatable bonds is 5. The van der Waals surface area contributed by atoms with E-state index in [4.69, 9.17) is 39.5 Å². The summed E-state index contributed by atoms with van der Waals surface area (Å²) in [7, 11) is 0. The van der Waals surface area contributed by atoms with Crippen LogP contribution in [0.15, 0.2) is 48.5 Å². The zero-order chi connectivity index (χ0) is 26.4. The summed E-state index contributed by atoms with van der Waals surface area (Å²) in [5.41, 5.74) is 4.92. The molecule has 0 radical (unpaired) electrons. The fourth-order valence-electron chi connectivity index (χ4n) is 5.44. The fraction of sp³-hybridized carbons (Fsp3) is 0.320. The first-order chi connectivity index (χ1) is 17.7. The van der Waals surface area contributed by atoms with Crippen LogP contribution < -0.4 is 15.8 Å². The summed E-state index contributed by atoms with van der Waals surface area (Å²) in [6.07, 6.45) is 0.672. The monoisotopic (exact) mass is 563 g/mol. The molecular weight excluding hydrogens is 545 g/mol. The number of hydrogen-bond acceptors (Lipinski definition) is 6. The van der Waals surface area contributed by atoms with Crippen LogP contribution in [0.25, 0.3) is 0 Å². The van der Waals surface area contributed by atoms with Gasteiger partial charge in [-0.1, -0.05) is 23.7 Å². The van der Waals surface area contributed by atoms with Gasteiger partial charge in [-0.25, -0.2) is 4.79 Å². The number of nitrogens with zero attached hydrogens (tertiary/aromatic N) is 1. The zero-order valence-corrected chi connectivity index (χ0v) is 21.3. The van der Waals surface area contributed by atoms with Gasteiger partial charge in [0, 0.05) is 0 Å². The Hall–Kier alpha value is -3.14. The number of nitrogens with one attached hydrogen (secondary N) is 2. The Bertz CT molecular complexity index is 1270. The number of esters is 1. The summed E-state index contributed by atoms with van der Waals surface area (Å²) in [5.74, 6) is -4.02. The number of amides is 4. The highest BCUT2D eigenvalue weighted by molar-refractivity contribution is 6.34. The predicted octanol–water partition coefficient (Wildman–Crippen LogP) is 2.93. The van der Waals surface area contributed by atoms with Crippen molar-refractivity contribution < 1.29 is 28.7 Å². The van der Waals surface area contributed by atoms with Crippen molar-refractivity contribution in [1.29, 1.82) is 0 Å².